The van der Waals surface area contributed by atoms with Crippen LogP contribution in [0.3, 0.4) is 0 Å². The van der Waals surface area contributed by atoms with Crippen molar-refractivity contribution in [2.75, 3.05) is 20.3 Å². The Hall–Kier alpha value is -1.46. The van der Waals surface area contributed by atoms with Gasteiger partial charge in [0.1, 0.15) is 0 Å². The van der Waals surface area contributed by atoms with E-state index in [0.717, 1.165) is 6.67 Å². The van der Waals surface area contributed by atoms with Crippen LogP contribution in [0.25, 0.3) is 0 Å². The maximum atomic E-state index is 8.36. The van der Waals surface area contributed by atoms with Crippen LogP contribution in [-0.2, 0) is 0 Å². The largest absolute Gasteiger partial charge is 0.362 e. The molecule has 1 aliphatic rings. The first kappa shape index (κ1) is 12.5. The number of hydrogen-bond donors (Lipinski definition) is 1. The fraction of sp³-hybridized carbons (Fsp3) is 0.750. The van der Waals surface area contributed by atoms with Crippen molar-refractivity contribution in [3.05, 3.63) is 22.5 Å². The highest BCUT2D eigenvalue weighted by molar-refractivity contribution is 4.88. The molecule has 6 nitrogen and oxygen atoms in total. The van der Waals surface area contributed by atoms with Crippen molar-refractivity contribution in [2.45, 2.75) is 19.8 Å². The van der Waals surface area contributed by atoms with Gasteiger partial charge in [-0.05, 0) is 6.42 Å². The van der Waals surface area contributed by atoms with Crippen molar-refractivity contribution in [2.24, 2.45) is 0 Å². The molecule has 0 atom stereocenters. The zero-order chi connectivity index (χ0) is 11.0. The topological polar surface area (TPSA) is 69.9 Å². The van der Waals surface area contributed by atoms with Gasteiger partial charge in [-0.2, -0.15) is 0 Å². The summed E-state index contributed by atoms with van der Waals surface area (Å²) in [4.78, 5) is 12.9. The fourth-order valence-corrected chi connectivity index (χ4v) is 1.10. The van der Waals surface area contributed by atoms with Crippen LogP contribution in [0, 0.1) is 10.1 Å². The van der Waals surface area contributed by atoms with Crippen LogP contribution in [0.2, 0.25) is 0 Å². The lowest BCUT2D eigenvalue weighted by molar-refractivity contribution is -0.742. The molecule has 0 aromatic carbocycles. The number of hydrogen-bond acceptors (Lipinski definition) is 4. The van der Waals surface area contributed by atoms with E-state index in [1.54, 1.807) is 0 Å². The van der Waals surface area contributed by atoms with Gasteiger partial charge < -0.3 is 15.0 Å². The van der Waals surface area contributed by atoms with E-state index in [-0.39, 0.29) is 0 Å². The lowest BCUT2D eigenvalue weighted by Crippen LogP contribution is -2.23. The Bertz CT molecular complexity index is 192. The molecule has 0 aromatic rings. The second kappa shape index (κ2) is 6.99. The maximum Gasteiger partial charge on any atom is 0.291 e. The van der Waals surface area contributed by atoms with Gasteiger partial charge in [-0.3, -0.25) is 0 Å². The van der Waals surface area contributed by atoms with Gasteiger partial charge in [0, 0.05) is 26.0 Å². The van der Waals surface area contributed by atoms with Gasteiger partial charge in [-0.15, -0.1) is 10.1 Å². The van der Waals surface area contributed by atoms with Crippen molar-refractivity contribution in [1.29, 1.82) is 0 Å². The molecule has 0 saturated heterocycles. The van der Waals surface area contributed by atoms with Gasteiger partial charge >= 0.3 is 0 Å². The molecule has 0 bridgehead atoms. The molecular weight excluding hydrogens is 186 g/mol. The molecule has 0 aliphatic carbocycles. The van der Waals surface area contributed by atoms with Crippen LogP contribution in [0.5, 0.6) is 0 Å². The Kier molecular flexibility index (Phi) is 6.26. The summed E-state index contributed by atoms with van der Waals surface area (Å²) in [5, 5.41) is 13.6. The molecule has 14 heavy (non-hydrogen) atoms. The van der Waals surface area contributed by atoms with Crippen molar-refractivity contribution in [3.63, 3.8) is 0 Å². The molecule has 0 spiro atoms. The molecule has 1 aliphatic heterocycles. The molecule has 1 rings (SSSR count). The monoisotopic (exact) mass is 203 g/mol. The Balaban J connectivity index is 0.000000364. The summed E-state index contributed by atoms with van der Waals surface area (Å²) in [6, 6.07) is 0. The summed E-state index contributed by atoms with van der Waals surface area (Å²) in [6.45, 7) is 4.50. The molecule has 0 saturated carbocycles. The van der Waals surface area contributed by atoms with Crippen LogP contribution in [0.1, 0.15) is 19.8 Å². The van der Waals surface area contributed by atoms with E-state index in [2.05, 4.69) is 36.2 Å². The van der Waals surface area contributed by atoms with Gasteiger partial charge in [-0.25, -0.2) is 0 Å². The minimum Gasteiger partial charge on any atom is -0.362 e. The third kappa shape index (κ3) is 7.20. The summed E-state index contributed by atoms with van der Waals surface area (Å²) in [6.07, 6.45) is 6.87. The fourth-order valence-electron chi connectivity index (χ4n) is 1.10. The number of rotatable bonds is 3. The summed E-state index contributed by atoms with van der Waals surface area (Å²) < 4.78 is 0. The molecule has 0 fully saturated rings. The van der Waals surface area contributed by atoms with Gasteiger partial charge in [-0.1, -0.05) is 13.3 Å². The molecule has 82 valence electrons. The van der Waals surface area contributed by atoms with Gasteiger partial charge in [0.05, 0.1) is 6.67 Å². The Morgan fingerprint density at radius 1 is 1.57 bits per heavy atom. The minimum absolute atomic E-state index is 1.07. The molecule has 6 heteroatoms. The molecule has 1 heterocycles. The average Bonchev–Trinajstić information content (AvgIpc) is 2.47. The SMILES string of the molecule is CCCCN1C=CN(C)C1.O=[N+]([O-])O. The van der Waals surface area contributed by atoms with Crippen LogP contribution in [0.15, 0.2) is 12.4 Å². The minimum atomic E-state index is -1.50. The second-order valence-corrected chi connectivity index (χ2v) is 3.10. The zero-order valence-corrected chi connectivity index (χ0v) is 8.59. The summed E-state index contributed by atoms with van der Waals surface area (Å²) in [7, 11) is 2.10. The maximum absolute atomic E-state index is 8.36. The predicted molar refractivity (Wildman–Crippen MR) is 52.2 cm³/mol. The first-order valence-electron chi connectivity index (χ1n) is 4.52. The Morgan fingerprint density at radius 2 is 2.14 bits per heavy atom. The second-order valence-electron chi connectivity index (χ2n) is 3.10. The van der Waals surface area contributed by atoms with Crippen LogP contribution < -0.4 is 0 Å². The number of unbranched alkanes of at least 4 members (excludes halogenated alkanes) is 1. The van der Waals surface area contributed by atoms with E-state index in [9.17, 15) is 0 Å². The highest BCUT2D eigenvalue weighted by Crippen LogP contribution is 2.04. The van der Waals surface area contributed by atoms with Gasteiger partial charge in [0.15, 0.2) is 0 Å². The quantitative estimate of drug-likeness (QED) is 0.549. The zero-order valence-electron chi connectivity index (χ0n) is 8.59. The highest BCUT2D eigenvalue weighted by atomic mass is 16.9. The van der Waals surface area contributed by atoms with E-state index in [1.807, 2.05) is 0 Å². The molecule has 0 aromatic heterocycles. The first-order chi connectivity index (χ1) is 6.56. The van der Waals surface area contributed by atoms with Crippen LogP contribution >= 0.6 is 0 Å². The third-order valence-electron chi connectivity index (χ3n) is 1.74. The van der Waals surface area contributed by atoms with E-state index >= 15 is 0 Å². The van der Waals surface area contributed by atoms with Gasteiger partial charge in [0.2, 0.25) is 0 Å². The molecule has 1 N–H and O–H groups in total. The summed E-state index contributed by atoms with van der Waals surface area (Å²) in [5.74, 6) is 0. The molecular formula is C8H17N3O3. The van der Waals surface area contributed by atoms with Crippen LogP contribution in [-0.4, -0.2) is 40.4 Å². The van der Waals surface area contributed by atoms with Crippen molar-refractivity contribution in [3.8, 4) is 0 Å². The van der Waals surface area contributed by atoms with E-state index in [0.29, 0.717) is 0 Å². The predicted octanol–water partition coefficient (Wildman–Crippen LogP) is 1.11. The lowest BCUT2D eigenvalue weighted by Gasteiger charge is -2.17. The Morgan fingerprint density at radius 3 is 2.50 bits per heavy atom. The van der Waals surface area contributed by atoms with Crippen molar-refractivity contribution in [1.82, 2.24) is 9.80 Å². The molecule has 0 amide bonds. The number of nitrogens with zero attached hydrogens (tertiary/aromatic N) is 3. The van der Waals surface area contributed by atoms with E-state index in [1.165, 1.54) is 19.4 Å². The molecule has 0 unspecified atom stereocenters. The summed E-state index contributed by atoms with van der Waals surface area (Å²) >= 11 is 0. The smallest absolute Gasteiger partial charge is 0.291 e. The van der Waals surface area contributed by atoms with Crippen molar-refractivity contribution >= 4 is 0 Å². The third-order valence-corrected chi connectivity index (χ3v) is 1.74. The normalized spacial score (nSPS) is 13.9. The van der Waals surface area contributed by atoms with Gasteiger partial charge in [0.25, 0.3) is 5.09 Å². The van der Waals surface area contributed by atoms with Crippen LogP contribution in [0.4, 0.5) is 0 Å². The Labute approximate surface area is 83.5 Å². The van der Waals surface area contributed by atoms with E-state index in [4.69, 9.17) is 15.3 Å². The van der Waals surface area contributed by atoms with Crippen molar-refractivity contribution < 1.29 is 10.3 Å². The average molecular weight is 203 g/mol. The highest BCUT2D eigenvalue weighted by Gasteiger charge is 2.05. The van der Waals surface area contributed by atoms with E-state index < -0.39 is 5.09 Å². The molecule has 0 radical (unpaired) electrons. The summed E-state index contributed by atoms with van der Waals surface area (Å²) in [5.41, 5.74) is 0. The first-order valence-corrected chi connectivity index (χ1v) is 4.52. The lowest BCUT2D eigenvalue weighted by atomic mass is 10.3. The standard InChI is InChI=1S/C8H16N2.HNO3/c1-3-4-5-10-7-6-9(2)8-10;2-1(3)4/h6-7H,3-5,8H2,1-2H3;(H,2,3,4).